The van der Waals surface area contributed by atoms with E-state index < -0.39 is 5.97 Å². The number of aliphatic carboxylic acids is 1. The fourth-order valence-corrected chi connectivity index (χ4v) is 2.17. The third-order valence-electron chi connectivity index (χ3n) is 2.77. The van der Waals surface area contributed by atoms with E-state index >= 15 is 0 Å². The molecule has 1 aromatic rings. The Hall–Kier alpha value is -1.42. The average molecular weight is 271 g/mol. The molecule has 0 spiro atoms. The molecular formula is C13H15ClO4. The van der Waals surface area contributed by atoms with Gasteiger partial charge >= 0.3 is 5.97 Å². The van der Waals surface area contributed by atoms with Gasteiger partial charge in [-0.25, -0.2) is 0 Å². The minimum atomic E-state index is -0.791. The van der Waals surface area contributed by atoms with Gasteiger partial charge in [0, 0.05) is 12.8 Å². The standard InChI is InChI=1S/C13H15ClO4/c14-12-9(3-1-4-11(15)16)5-6-10-13(12)18-8-2-7-17-10/h5-6H,1-4,7-8H2,(H,15,16). The van der Waals surface area contributed by atoms with Gasteiger partial charge in [0.25, 0.3) is 0 Å². The number of carboxylic acids is 1. The molecule has 0 radical (unpaired) electrons. The van der Waals surface area contributed by atoms with Gasteiger partial charge in [-0.15, -0.1) is 0 Å². The molecule has 98 valence electrons. The molecule has 1 aliphatic heterocycles. The summed E-state index contributed by atoms with van der Waals surface area (Å²) in [6, 6.07) is 3.71. The van der Waals surface area contributed by atoms with Crippen molar-refractivity contribution in [2.24, 2.45) is 0 Å². The lowest BCUT2D eigenvalue weighted by atomic mass is 10.1. The molecule has 0 amide bonds. The lowest BCUT2D eigenvalue weighted by Crippen LogP contribution is -1.99. The second kappa shape index (κ2) is 5.96. The van der Waals surface area contributed by atoms with E-state index in [-0.39, 0.29) is 6.42 Å². The number of aryl methyl sites for hydroxylation is 1. The van der Waals surface area contributed by atoms with Crippen LogP contribution in [0.15, 0.2) is 12.1 Å². The number of ether oxygens (including phenoxy) is 2. The SMILES string of the molecule is O=C(O)CCCc1ccc2c(c1Cl)OCCCO2. The van der Waals surface area contributed by atoms with Crippen molar-refractivity contribution in [2.45, 2.75) is 25.7 Å². The van der Waals surface area contributed by atoms with Crippen LogP contribution < -0.4 is 9.47 Å². The van der Waals surface area contributed by atoms with Gasteiger partial charge in [0.2, 0.25) is 0 Å². The summed E-state index contributed by atoms with van der Waals surface area (Å²) in [7, 11) is 0. The van der Waals surface area contributed by atoms with E-state index in [9.17, 15) is 4.79 Å². The Morgan fingerprint density at radius 1 is 1.33 bits per heavy atom. The number of hydrogen-bond donors (Lipinski definition) is 1. The molecule has 0 unspecified atom stereocenters. The minimum Gasteiger partial charge on any atom is -0.490 e. The smallest absolute Gasteiger partial charge is 0.303 e. The Morgan fingerprint density at radius 2 is 2.11 bits per heavy atom. The van der Waals surface area contributed by atoms with Gasteiger partial charge in [-0.05, 0) is 24.5 Å². The van der Waals surface area contributed by atoms with E-state index in [0.717, 1.165) is 12.0 Å². The molecule has 1 aliphatic rings. The number of halogens is 1. The van der Waals surface area contributed by atoms with Crippen LogP contribution >= 0.6 is 11.6 Å². The van der Waals surface area contributed by atoms with Crippen molar-refractivity contribution in [2.75, 3.05) is 13.2 Å². The van der Waals surface area contributed by atoms with Gasteiger partial charge in [0.05, 0.1) is 18.2 Å². The first kappa shape index (κ1) is 13.0. The van der Waals surface area contributed by atoms with Crippen molar-refractivity contribution in [3.05, 3.63) is 22.7 Å². The summed E-state index contributed by atoms with van der Waals surface area (Å²) >= 11 is 6.26. The molecule has 5 heteroatoms. The minimum absolute atomic E-state index is 0.144. The molecule has 0 saturated carbocycles. The number of rotatable bonds is 4. The van der Waals surface area contributed by atoms with Gasteiger partial charge in [0.1, 0.15) is 0 Å². The van der Waals surface area contributed by atoms with Crippen LogP contribution in [-0.2, 0) is 11.2 Å². The molecule has 0 aliphatic carbocycles. The second-order valence-corrected chi connectivity index (χ2v) is 4.54. The Kier molecular flexibility index (Phi) is 4.31. The topological polar surface area (TPSA) is 55.8 Å². The third-order valence-corrected chi connectivity index (χ3v) is 3.18. The molecule has 2 rings (SSSR count). The van der Waals surface area contributed by atoms with Gasteiger partial charge in [-0.2, -0.15) is 0 Å². The van der Waals surface area contributed by atoms with Crippen molar-refractivity contribution in [1.29, 1.82) is 0 Å². The highest BCUT2D eigenvalue weighted by Gasteiger charge is 2.16. The number of hydrogen-bond acceptors (Lipinski definition) is 3. The Labute approximate surface area is 110 Å². The molecule has 1 N–H and O–H groups in total. The first-order valence-corrected chi connectivity index (χ1v) is 6.35. The van der Waals surface area contributed by atoms with E-state index in [1.165, 1.54) is 0 Å². The summed E-state index contributed by atoms with van der Waals surface area (Å²) in [5.41, 5.74) is 0.905. The highest BCUT2D eigenvalue weighted by molar-refractivity contribution is 6.33. The molecule has 18 heavy (non-hydrogen) atoms. The fourth-order valence-electron chi connectivity index (χ4n) is 1.87. The van der Waals surface area contributed by atoms with Crippen molar-refractivity contribution in [1.82, 2.24) is 0 Å². The Balaban J connectivity index is 2.12. The predicted octanol–water partition coefficient (Wildman–Crippen LogP) is 2.91. The van der Waals surface area contributed by atoms with E-state index in [0.29, 0.717) is 42.6 Å². The molecule has 1 heterocycles. The number of fused-ring (bicyclic) bond motifs is 1. The Morgan fingerprint density at radius 3 is 2.89 bits per heavy atom. The van der Waals surface area contributed by atoms with Crippen LogP contribution in [0.4, 0.5) is 0 Å². The van der Waals surface area contributed by atoms with E-state index in [4.69, 9.17) is 26.2 Å². The number of carboxylic acid groups (broad SMARTS) is 1. The third kappa shape index (κ3) is 3.07. The summed E-state index contributed by atoms with van der Waals surface area (Å²) in [5, 5.41) is 9.15. The molecule has 4 nitrogen and oxygen atoms in total. The highest BCUT2D eigenvalue weighted by Crippen LogP contribution is 2.39. The van der Waals surface area contributed by atoms with E-state index in [2.05, 4.69) is 0 Å². The Bertz CT molecular complexity index is 445. The first-order chi connectivity index (χ1) is 8.68. The van der Waals surface area contributed by atoms with Crippen LogP contribution in [-0.4, -0.2) is 24.3 Å². The van der Waals surface area contributed by atoms with Gasteiger partial charge in [-0.3, -0.25) is 4.79 Å². The van der Waals surface area contributed by atoms with E-state index in [1.54, 1.807) is 0 Å². The zero-order chi connectivity index (χ0) is 13.0. The lowest BCUT2D eigenvalue weighted by molar-refractivity contribution is -0.137. The van der Waals surface area contributed by atoms with Crippen LogP contribution in [0.2, 0.25) is 5.02 Å². The summed E-state index contributed by atoms with van der Waals surface area (Å²) in [6.45, 7) is 1.22. The number of benzene rings is 1. The van der Waals surface area contributed by atoms with Gasteiger partial charge in [-0.1, -0.05) is 17.7 Å². The second-order valence-electron chi connectivity index (χ2n) is 4.16. The maximum absolute atomic E-state index is 10.5. The summed E-state index contributed by atoms with van der Waals surface area (Å²) in [6.07, 6.45) is 2.17. The first-order valence-electron chi connectivity index (χ1n) is 5.97. The summed E-state index contributed by atoms with van der Waals surface area (Å²) in [5.74, 6) is 0.460. The molecule has 0 aromatic heterocycles. The molecular weight excluding hydrogens is 256 g/mol. The number of carbonyl (C=O) groups is 1. The van der Waals surface area contributed by atoms with Crippen LogP contribution in [0.1, 0.15) is 24.8 Å². The van der Waals surface area contributed by atoms with Crippen LogP contribution in [0.3, 0.4) is 0 Å². The molecule has 0 atom stereocenters. The molecule has 0 bridgehead atoms. The predicted molar refractivity (Wildman–Crippen MR) is 67.6 cm³/mol. The van der Waals surface area contributed by atoms with Crippen LogP contribution in [0, 0.1) is 0 Å². The van der Waals surface area contributed by atoms with Crippen molar-refractivity contribution < 1.29 is 19.4 Å². The van der Waals surface area contributed by atoms with Crippen molar-refractivity contribution in [3.8, 4) is 11.5 Å². The zero-order valence-corrected chi connectivity index (χ0v) is 10.7. The van der Waals surface area contributed by atoms with Gasteiger partial charge < -0.3 is 14.6 Å². The largest absolute Gasteiger partial charge is 0.490 e. The maximum atomic E-state index is 10.5. The lowest BCUT2D eigenvalue weighted by Gasteiger charge is -2.12. The zero-order valence-electron chi connectivity index (χ0n) is 9.95. The van der Waals surface area contributed by atoms with E-state index in [1.807, 2.05) is 12.1 Å². The quantitative estimate of drug-likeness (QED) is 0.914. The van der Waals surface area contributed by atoms with Gasteiger partial charge in [0.15, 0.2) is 11.5 Å². The van der Waals surface area contributed by atoms with Crippen LogP contribution in [0.5, 0.6) is 11.5 Å². The molecule has 0 fully saturated rings. The molecule has 1 aromatic carbocycles. The van der Waals surface area contributed by atoms with Crippen LogP contribution in [0.25, 0.3) is 0 Å². The summed E-state index contributed by atoms with van der Waals surface area (Å²) < 4.78 is 11.1. The monoisotopic (exact) mass is 270 g/mol. The average Bonchev–Trinajstić information content (AvgIpc) is 2.57. The normalized spacial score (nSPS) is 14.1. The van der Waals surface area contributed by atoms with Crippen molar-refractivity contribution in [3.63, 3.8) is 0 Å². The fraction of sp³-hybridized carbons (Fsp3) is 0.462. The molecule has 0 saturated heterocycles. The highest BCUT2D eigenvalue weighted by atomic mass is 35.5. The maximum Gasteiger partial charge on any atom is 0.303 e. The van der Waals surface area contributed by atoms with Crippen molar-refractivity contribution >= 4 is 17.6 Å². The summed E-state index contributed by atoms with van der Waals surface area (Å²) in [4.78, 5) is 10.5.